The van der Waals surface area contributed by atoms with Crippen LogP contribution >= 0.6 is 0 Å². The topological polar surface area (TPSA) is 88.2 Å². The normalized spacial score (nSPS) is 10.6. The quantitative estimate of drug-likeness (QED) is 0.777. The Morgan fingerprint density at radius 2 is 1.95 bits per heavy atom. The summed E-state index contributed by atoms with van der Waals surface area (Å²) in [4.78, 5) is 16.4. The van der Waals surface area contributed by atoms with Crippen molar-refractivity contribution in [2.24, 2.45) is 0 Å². The Balaban J connectivity index is 2.06. The van der Waals surface area contributed by atoms with Crippen LogP contribution in [0.3, 0.4) is 0 Å². The Labute approximate surface area is 127 Å². The average molecular weight is 296 g/mol. The molecule has 1 aromatic carbocycles. The van der Waals surface area contributed by atoms with Crippen LogP contribution in [-0.2, 0) is 0 Å². The van der Waals surface area contributed by atoms with Crippen molar-refractivity contribution in [2.75, 3.05) is 19.8 Å². The predicted octanol–water partition coefficient (Wildman–Crippen LogP) is 2.62. The third kappa shape index (κ3) is 2.35. The van der Waals surface area contributed by atoms with E-state index in [4.69, 9.17) is 10.3 Å². The van der Waals surface area contributed by atoms with Gasteiger partial charge in [-0.25, -0.2) is 0 Å². The largest absolute Gasteiger partial charge is 0.380 e. The third-order valence-electron chi connectivity index (χ3n) is 3.36. The molecule has 0 atom stereocenters. The van der Waals surface area contributed by atoms with Gasteiger partial charge >= 0.3 is 0 Å². The van der Waals surface area contributed by atoms with E-state index in [1.807, 2.05) is 30.3 Å². The summed E-state index contributed by atoms with van der Waals surface area (Å²) in [6.07, 6.45) is 1.71. The zero-order chi connectivity index (χ0) is 15.7. The number of nitrogens with one attached hydrogen (secondary N) is 1. The van der Waals surface area contributed by atoms with E-state index in [1.54, 1.807) is 26.4 Å². The lowest BCUT2D eigenvalue weighted by atomic mass is 10.0. The maximum absolute atomic E-state index is 12.0. The fourth-order valence-corrected chi connectivity index (χ4v) is 2.27. The van der Waals surface area contributed by atoms with E-state index in [0.29, 0.717) is 17.3 Å². The maximum Gasteiger partial charge on any atom is 0.269 e. The number of nitrogens with two attached hydrogens (primary N) is 1. The van der Waals surface area contributed by atoms with Crippen molar-refractivity contribution in [3.8, 4) is 22.5 Å². The van der Waals surface area contributed by atoms with Gasteiger partial charge in [0, 0.05) is 25.9 Å². The summed E-state index contributed by atoms with van der Waals surface area (Å²) in [6.45, 7) is 0. The Kier molecular flexibility index (Phi) is 3.42. The van der Waals surface area contributed by atoms with Crippen molar-refractivity contribution in [1.82, 2.24) is 15.0 Å². The SMILES string of the molecule is CN(C)C(=O)c1cc(-c2onc(N)c2-c2ccccc2)c[nH]1. The molecular formula is C16H16N4O2. The van der Waals surface area contributed by atoms with Crippen molar-refractivity contribution < 1.29 is 9.32 Å². The van der Waals surface area contributed by atoms with Crippen LogP contribution < -0.4 is 5.73 Å². The number of nitrogens with zero attached hydrogens (tertiary/aromatic N) is 2. The molecule has 6 heteroatoms. The highest BCUT2D eigenvalue weighted by Gasteiger charge is 2.20. The highest BCUT2D eigenvalue weighted by molar-refractivity contribution is 5.95. The van der Waals surface area contributed by atoms with Gasteiger partial charge in [0.2, 0.25) is 0 Å². The molecule has 3 N–H and O–H groups in total. The predicted molar refractivity (Wildman–Crippen MR) is 84.2 cm³/mol. The molecule has 0 fully saturated rings. The van der Waals surface area contributed by atoms with E-state index in [1.165, 1.54) is 4.90 Å². The molecule has 2 heterocycles. The maximum atomic E-state index is 12.0. The van der Waals surface area contributed by atoms with E-state index < -0.39 is 0 Å². The molecule has 0 aliphatic carbocycles. The molecule has 2 aromatic heterocycles. The first kappa shape index (κ1) is 13.9. The van der Waals surface area contributed by atoms with Gasteiger partial charge in [-0.3, -0.25) is 4.79 Å². The Morgan fingerprint density at radius 3 is 2.64 bits per heavy atom. The number of amides is 1. The Bertz CT molecular complexity index is 803. The zero-order valence-electron chi connectivity index (χ0n) is 12.3. The fraction of sp³-hybridized carbons (Fsp3) is 0.125. The van der Waals surface area contributed by atoms with E-state index in [0.717, 1.165) is 16.7 Å². The summed E-state index contributed by atoms with van der Waals surface area (Å²) in [7, 11) is 3.40. The number of carbonyl (C=O) groups is 1. The van der Waals surface area contributed by atoms with Gasteiger partial charge in [-0.1, -0.05) is 35.5 Å². The summed E-state index contributed by atoms with van der Waals surface area (Å²) < 4.78 is 5.37. The number of anilines is 1. The second kappa shape index (κ2) is 5.40. The number of aromatic nitrogens is 2. The van der Waals surface area contributed by atoms with Crippen LogP contribution in [0.5, 0.6) is 0 Å². The molecular weight excluding hydrogens is 280 g/mol. The van der Waals surface area contributed by atoms with E-state index in [9.17, 15) is 4.79 Å². The average Bonchev–Trinajstić information content (AvgIpc) is 3.13. The number of hydrogen-bond acceptors (Lipinski definition) is 4. The second-order valence-electron chi connectivity index (χ2n) is 5.14. The van der Waals surface area contributed by atoms with Crippen molar-refractivity contribution in [1.29, 1.82) is 0 Å². The first-order valence-corrected chi connectivity index (χ1v) is 6.79. The van der Waals surface area contributed by atoms with Crippen LogP contribution in [0.15, 0.2) is 47.1 Å². The van der Waals surface area contributed by atoms with Gasteiger partial charge in [0.25, 0.3) is 5.91 Å². The van der Waals surface area contributed by atoms with Gasteiger partial charge < -0.3 is 20.1 Å². The summed E-state index contributed by atoms with van der Waals surface area (Å²) in [5.74, 6) is 0.751. The van der Waals surface area contributed by atoms with Crippen molar-refractivity contribution in [2.45, 2.75) is 0 Å². The van der Waals surface area contributed by atoms with Crippen molar-refractivity contribution in [3.05, 3.63) is 48.3 Å². The van der Waals surface area contributed by atoms with Gasteiger partial charge in [-0.05, 0) is 11.6 Å². The Morgan fingerprint density at radius 1 is 1.23 bits per heavy atom. The number of H-pyrrole nitrogens is 1. The second-order valence-corrected chi connectivity index (χ2v) is 5.14. The molecule has 0 spiro atoms. The van der Waals surface area contributed by atoms with Crippen LogP contribution in [-0.4, -0.2) is 35.0 Å². The van der Waals surface area contributed by atoms with E-state index in [2.05, 4.69) is 10.1 Å². The minimum absolute atomic E-state index is 0.111. The molecule has 0 aliphatic rings. The van der Waals surface area contributed by atoms with Crippen molar-refractivity contribution >= 4 is 11.7 Å². The van der Waals surface area contributed by atoms with Crippen LogP contribution in [0.2, 0.25) is 0 Å². The number of carbonyl (C=O) groups excluding carboxylic acids is 1. The standard InChI is InChI=1S/C16H16N4O2/c1-20(2)16(21)12-8-11(9-18-12)14-13(15(17)19-22-14)10-6-4-3-5-7-10/h3-9,18H,1-2H3,(H2,17,19). The molecule has 0 radical (unpaired) electrons. The first-order chi connectivity index (χ1) is 10.6. The van der Waals surface area contributed by atoms with Gasteiger partial charge in [0.1, 0.15) is 5.69 Å². The highest BCUT2D eigenvalue weighted by Crippen LogP contribution is 2.36. The van der Waals surface area contributed by atoms with Gasteiger partial charge in [-0.2, -0.15) is 0 Å². The molecule has 0 saturated heterocycles. The van der Waals surface area contributed by atoms with E-state index in [-0.39, 0.29) is 5.91 Å². The van der Waals surface area contributed by atoms with Crippen LogP contribution in [0.4, 0.5) is 5.82 Å². The number of benzene rings is 1. The smallest absolute Gasteiger partial charge is 0.269 e. The van der Waals surface area contributed by atoms with Crippen molar-refractivity contribution in [3.63, 3.8) is 0 Å². The monoisotopic (exact) mass is 296 g/mol. The molecule has 22 heavy (non-hydrogen) atoms. The molecule has 0 saturated carbocycles. The lowest BCUT2D eigenvalue weighted by Gasteiger charge is -2.07. The number of aromatic amines is 1. The molecule has 112 valence electrons. The molecule has 1 amide bonds. The summed E-state index contributed by atoms with van der Waals surface area (Å²) in [5, 5.41) is 3.85. The third-order valence-corrected chi connectivity index (χ3v) is 3.36. The minimum atomic E-state index is -0.111. The minimum Gasteiger partial charge on any atom is -0.380 e. The number of hydrogen-bond donors (Lipinski definition) is 2. The molecule has 3 aromatic rings. The van der Waals surface area contributed by atoms with Crippen LogP contribution in [0, 0.1) is 0 Å². The van der Waals surface area contributed by atoms with Crippen LogP contribution in [0.1, 0.15) is 10.5 Å². The number of rotatable bonds is 3. The summed E-state index contributed by atoms with van der Waals surface area (Å²) in [5.41, 5.74) is 8.79. The molecule has 3 rings (SSSR count). The molecule has 0 bridgehead atoms. The summed E-state index contributed by atoms with van der Waals surface area (Å²) >= 11 is 0. The van der Waals surface area contributed by atoms with Crippen LogP contribution in [0.25, 0.3) is 22.5 Å². The van der Waals surface area contributed by atoms with Gasteiger partial charge in [0.15, 0.2) is 11.6 Å². The highest BCUT2D eigenvalue weighted by atomic mass is 16.5. The Hall–Kier alpha value is -3.02. The van der Waals surface area contributed by atoms with Gasteiger partial charge in [-0.15, -0.1) is 0 Å². The van der Waals surface area contributed by atoms with Gasteiger partial charge in [0.05, 0.1) is 5.56 Å². The summed E-state index contributed by atoms with van der Waals surface area (Å²) in [6, 6.07) is 11.4. The molecule has 0 aliphatic heterocycles. The lowest BCUT2D eigenvalue weighted by molar-refractivity contribution is 0.0822. The lowest BCUT2D eigenvalue weighted by Crippen LogP contribution is -2.21. The first-order valence-electron chi connectivity index (χ1n) is 6.79. The fourth-order valence-electron chi connectivity index (χ4n) is 2.27. The molecule has 0 unspecified atom stereocenters. The number of nitrogen functional groups attached to an aromatic ring is 1. The zero-order valence-corrected chi connectivity index (χ0v) is 12.3. The van der Waals surface area contributed by atoms with E-state index >= 15 is 0 Å². The molecule has 6 nitrogen and oxygen atoms in total.